The molecule has 1 unspecified atom stereocenters. The normalized spacial score (nSPS) is 24.4. The lowest BCUT2D eigenvalue weighted by Gasteiger charge is -2.28. The minimum Gasteiger partial charge on any atom is -0.486 e. The molecule has 1 saturated heterocycles. The van der Waals surface area contributed by atoms with Crippen LogP contribution in [0.5, 0.6) is 0 Å². The lowest BCUT2D eigenvalue weighted by molar-refractivity contribution is -0.135. The highest BCUT2D eigenvalue weighted by Gasteiger charge is 2.37. The average molecular weight is 359 g/mol. The molecule has 1 atom stereocenters. The fourth-order valence-electron chi connectivity index (χ4n) is 2.72. The summed E-state index contributed by atoms with van der Waals surface area (Å²) in [5.41, 5.74) is 0. The summed E-state index contributed by atoms with van der Waals surface area (Å²) in [5, 5.41) is -0.0527. The molecule has 134 valence electrons. The van der Waals surface area contributed by atoms with Gasteiger partial charge in [-0.25, -0.2) is 0 Å². The summed E-state index contributed by atoms with van der Waals surface area (Å²) >= 11 is 1.20. The predicted octanol–water partition coefficient (Wildman–Crippen LogP) is 3.79. The number of rotatable bonds is 7. The van der Waals surface area contributed by atoms with Crippen molar-refractivity contribution in [1.82, 2.24) is 4.90 Å². The number of allylic oxidation sites excluding steroid dienone is 6. The molecule has 0 aromatic heterocycles. The van der Waals surface area contributed by atoms with E-state index in [1.54, 1.807) is 6.08 Å². The highest BCUT2D eigenvalue weighted by atomic mass is 32.2. The van der Waals surface area contributed by atoms with Gasteiger partial charge in [-0.2, -0.15) is 0 Å². The molecule has 0 saturated carbocycles. The summed E-state index contributed by atoms with van der Waals surface area (Å²) in [5.74, 6) is 0.532. The molecule has 2 aliphatic heterocycles. The summed E-state index contributed by atoms with van der Waals surface area (Å²) in [6.45, 7) is 7.11. The van der Waals surface area contributed by atoms with Gasteiger partial charge in [-0.05, 0) is 26.2 Å². The predicted molar refractivity (Wildman–Crippen MR) is 103 cm³/mol. The first-order chi connectivity index (χ1) is 12.0. The number of carbonyl (C=O) groups is 2. The van der Waals surface area contributed by atoms with Crippen molar-refractivity contribution in [2.24, 2.45) is 0 Å². The molecule has 1 fully saturated rings. The Kier molecular flexibility index (Phi) is 7.31. The number of nitrogens with zero attached hydrogens (tertiary/aromatic N) is 1. The molecule has 2 aliphatic rings. The Labute approximate surface area is 154 Å². The molecule has 25 heavy (non-hydrogen) atoms. The zero-order valence-electron chi connectivity index (χ0n) is 14.6. The lowest BCUT2D eigenvalue weighted by Crippen LogP contribution is -2.38. The van der Waals surface area contributed by atoms with Gasteiger partial charge in [0.2, 0.25) is 5.12 Å². The zero-order valence-corrected chi connectivity index (χ0v) is 15.5. The third kappa shape index (κ3) is 5.78. The van der Waals surface area contributed by atoms with Crippen molar-refractivity contribution < 1.29 is 14.3 Å². The van der Waals surface area contributed by atoms with Crippen LogP contribution in [0.3, 0.4) is 0 Å². The first-order valence-electron chi connectivity index (χ1n) is 8.54. The van der Waals surface area contributed by atoms with Crippen LogP contribution in [0, 0.1) is 0 Å². The SMILES string of the molecule is C=C/C=C/C=C/C=C/C1(C)SC(=O)C=C1OCC(=O)N1CCCCC1. The average Bonchev–Trinajstić information content (AvgIpc) is 2.90. The van der Waals surface area contributed by atoms with Gasteiger partial charge < -0.3 is 9.64 Å². The molecular formula is C20H25NO3S. The van der Waals surface area contributed by atoms with Crippen molar-refractivity contribution in [2.45, 2.75) is 30.9 Å². The Morgan fingerprint density at radius 2 is 1.92 bits per heavy atom. The van der Waals surface area contributed by atoms with Crippen LogP contribution in [0.4, 0.5) is 0 Å². The van der Waals surface area contributed by atoms with Crippen molar-refractivity contribution in [3.63, 3.8) is 0 Å². The maximum Gasteiger partial charge on any atom is 0.260 e. The van der Waals surface area contributed by atoms with Crippen molar-refractivity contribution in [1.29, 1.82) is 0 Å². The lowest BCUT2D eigenvalue weighted by atomic mass is 10.1. The van der Waals surface area contributed by atoms with E-state index in [0.717, 1.165) is 25.9 Å². The van der Waals surface area contributed by atoms with Crippen LogP contribution in [0.25, 0.3) is 0 Å². The van der Waals surface area contributed by atoms with Crippen LogP contribution in [0.2, 0.25) is 0 Å². The van der Waals surface area contributed by atoms with Gasteiger partial charge in [0.25, 0.3) is 5.91 Å². The summed E-state index contributed by atoms with van der Waals surface area (Å²) in [6, 6.07) is 0. The topological polar surface area (TPSA) is 46.6 Å². The Hall–Kier alpha value is -2.01. The summed E-state index contributed by atoms with van der Waals surface area (Å²) in [6.07, 6.45) is 17.7. The van der Waals surface area contributed by atoms with Gasteiger partial charge in [-0.15, -0.1) is 0 Å². The van der Waals surface area contributed by atoms with Crippen LogP contribution in [-0.2, 0) is 14.3 Å². The molecule has 0 bridgehead atoms. The first kappa shape index (κ1) is 19.3. The Balaban J connectivity index is 1.93. The number of amides is 1. The van der Waals surface area contributed by atoms with Crippen LogP contribution >= 0.6 is 11.8 Å². The van der Waals surface area contributed by atoms with Gasteiger partial charge in [0.1, 0.15) is 5.76 Å². The van der Waals surface area contributed by atoms with E-state index in [-0.39, 0.29) is 17.6 Å². The van der Waals surface area contributed by atoms with E-state index in [9.17, 15) is 9.59 Å². The van der Waals surface area contributed by atoms with Crippen molar-refractivity contribution >= 4 is 22.8 Å². The van der Waals surface area contributed by atoms with E-state index < -0.39 is 4.75 Å². The van der Waals surface area contributed by atoms with Crippen molar-refractivity contribution in [2.75, 3.05) is 19.7 Å². The number of ether oxygens (including phenoxy) is 1. The number of thioether (sulfide) groups is 1. The molecule has 1 amide bonds. The fraction of sp³-hybridized carbons (Fsp3) is 0.400. The molecule has 0 aromatic carbocycles. The van der Waals surface area contributed by atoms with Gasteiger partial charge >= 0.3 is 0 Å². The van der Waals surface area contributed by atoms with E-state index in [1.165, 1.54) is 24.3 Å². The second-order valence-corrected chi connectivity index (χ2v) is 7.59. The van der Waals surface area contributed by atoms with Crippen molar-refractivity contribution in [3.05, 3.63) is 60.9 Å². The smallest absolute Gasteiger partial charge is 0.260 e. The number of hydrogen-bond acceptors (Lipinski definition) is 4. The molecule has 2 heterocycles. The minimum atomic E-state index is -0.578. The first-order valence-corrected chi connectivity index (χ1v) is 9.36. The maximum absolute atomic E-state index is 12.2. The zero-order chi connectivity index (χ0) is 18.1. The number of likely N-dealkylation sites (tertiary alicyclic amines) is 1. The number of hydrogen-bond donors (Lipinski definition) is 0. The van der Waals surface area contributed by atoms with Crippen LogP contribution in [0.1, 0.15) is 26.2 Å². The molecular weight excluding hydrogens is 334 g/mol. The Morgan fingerprint density at radius 1 is 1.24 bits per heavy atom. The van der Waals surface area contributed by atoms with Gasteiger partial charge in [-0.1, -0.05) is 60.9 Å². The molecule has 5 heteroatoms. The van der Waals surface area contributed by atoms with Gasteiger partial charge in [0.05, 0.1) is 4.75 Å². The van der Waals surface area contributed by atoms with Crippen LogP contribution in [-0.4, -0.2) is 40.4 Å². The van der Waals surface area contributed by atoms with E-state index in [2.05, 4.69) is 6.58 Å². The van der Waals surface area contributed by atoms with E-state index in [1.807, 2.05) is 48.3 Å². The van der Waals surface area contributed by atoms with Gasteiger partial charge in [-0.3, -0.25) is 9.59 Å². The number of piperidine rings is 1. The minimum absolute atomic E-state index is 0.00858. The third-order valence-corrected chi connectivity index (χ3v) is 5.19. The molecule has 0 N–H and O–H groups in total. The molecule has 0 radical (unpaired) electrons. The molecule has 4 nitrogen and oxygen atoms in total. The second kappa shape index (κ2) is 9.47. The summed E-state index contributed by atoms with van der Waals surface area (Å²) < 4.78 is 5.15. The standard InChI is InChI=1S/C20H25NO3S/c1-3-4-5-6-7-9-12-20(2)17(15-19(23)25-20)24-16-18(22)21-13-10-8-11-14-21/h3-7,9,12,15H,1,8,10-11,13-14,16H2,2H3/b5-4+,7-6+,12-9+. The molecule has 0 spiro atoms. The van der Waals surface area contributed by atoms with E-state index >= 15 is 0 Å². The highest BCUT2D eigenvalue weighted by Crippen LogP contribution is 2.41. The van der Waals surface area contributed by atoms with Crippen LogP contribution in [0.15, 0.2) is 60.9 Å². The Bertz CT molecular complexity index is 627. The monoisotopic (exact) mass is 359 g/mol. The Morgan fingerprint density at radius 3 is 2.64 bits per heavy atom. The van der Waals surface area contributed by atoms with Gasteiger partial charge in [0.15, 0.2) is 6.61 Å². The third-order valence-electron chi connectivity index (χ3n) is 4.11. The van der Waals surface area contributed by atoms with Gasteiger partial charge in [0, 0.05) is 19.2 Å². The van der Waals surface area contributed by atoms with Crippen molar-refractivity contribution in [3.8, 4) is 0 Å². The van der Waals surface area contributed by atoms with E-state index in [4.69, 9.17) is 4.74 Å². The van der Waals surface area contributed by atoms with Crippen LogP contribution < -0.4 is 0 Å². The molecule has 0 aliphatic carbocycles. The summed E-state index contributed by atoms with van der Waals surface area (Å²) in [7, 11) is 0. The molecule has 2 rings (SSSR count). The quantitative estimate of drug-likeness (QED) is 0.649. The largest absolute Gasteiger partial charge is 0.486 e. The maximum atomic E-state index is 12.2. The second-order valence-electron chi connectivity index (χ2n) is 6.13. The highest BCUT2D eigenvalue weighted by molar-refractivity contribution is 8.15. The molecule has 0 aromatic rings. The number of carbonyl (C=O) groups excluding carboxylic acids is 2. The fourth-order valence-corrected chi connectivity index (χ4v) is 3.67. The van der Waals surface area contributed by atoms with E-state index in [0.29, 0.717) is 5.76 Å². The summed E-state index contributed by atoms with van der Waals surface area (Å²) in [4.78, 5) is 25.9.